The van der Waals surface area contributed by atoms with E-state index >= 15 is 0 Å². The van der Waals surface area contributed by atoms with E-state index in [9.17, 15) is 4.79 Å². The van der Waals surface area contributed by atoms with E-state index in [1.54, 1.807) is 24.3 Å². The second-order valence-corrected chi connectivity index (χ2v) is 4.33. The fourth-order valence-corrected chi connectivity index (χ4v) is 1.59. The zero-order chi connectivity index (χ0) is 12.8. The minimum atomic E-state index is -0.147. The predicted molar refractivity (Wildman–Crippen MR) is 69.1 cm³/mol. The highest BCUT2D eigenvalue weighted by molar-refractivity contribution is 9.10. The van der Waals surface area contributed by atoms with Crippen LogP contribution < -0.4 is 5.73 Å². The number of nitrogens with two attached hydrogens (primary N) is 1. The van der Waals surface area contributed by atoms with Crippen LogP contribution in [0.15, 0.2) is 33.9 Å². The van der Waals surface area contributed by atoms with Crippen LogP contribution in [-0.4, -0.2) is 34.9 Å². The maximum Gasteiger partial charge on any atom is 0.254 e. The van der Waals surface area contributed by atoms with Gasteiger partial charge in [-0.3, -0.25) is 4.79 Å². The summed E-state index contributed by atoms with van der Waals surface area (Å²) in [7, 11) is 0. The lowest BCUT2D eigenvalue weighted by Crippen LogP contribution is -2.38. The van der Waals surface area contributed by atoms with Gasteiger partial charge in [-0.2, -0.15) is 0 Å². The fraction of sp³-hybridized carbons (Fsp3) is 0.273. The molecule has 0 saturated carbocycles. The summed E-state index contributed by atoms with van der Waals surface area (Å²) in [6.45, 7) is 2.44. The Labute approximate surface area is 108 Å². The third-order valence-corrected chi connectivity index (χ3v) is 2.77. The molecule has 0 fully saturated rings. The first kappa shape index (κ1) is 13.5. The summed E-state index contributed by atoms with van der Waals surface area (Å²) in [4.78, 5) is 13.6. The molecule has 6 heteroatoms. The van der Waals surface area contributed by atoms with E-state index in [2.05, 4.69) is 21.1 Å². The molecule has 92 valence electrons. The molecule has 3 N–H and O–H groups in total. The van der Waals surface area contributed by atoms with Gasteiger partial charge in [0.2, 0.25) is 0 Å². The van der Waals surface area contributed by atoms with Crippen LogP contribution in [-0.2, 0) is 0 Å². The molecule has 0 heterocycles. The molecular weight excluding hydrogens is 286 g/mol. The molecule has 0 aliphatic rings. The minimum absolute atomic E-state index is 0.0114. The summed E-state index contributed by atoms with van der Waals surface area (Å²) in [6.07, 6.45) is 0. The van der Waals surface area contributed by atoms with E-state index in [4.69, 9.17) is 10.9 Å². The lowest BCUT2D eigenvalue weighted by atomic mass is 10.2. The predicted octanol–water partition coefficient (Wildman–Crippen LogP) is 1.66. The molecule has 0 spiro atoms. The van der Waals surface area contributed by atoms with Gasteiger partial charge in [-0.1, -0.05) is 21.1 Å². The van der Waals surface area contributed by atoms with Gasteiger partial charge in [-0.15, -0.1) is 0 Å². The van der Waals surface area contributed by atoms with Crippen molar-refractivity contribution in [3.05, 3.63) is 34.3 Å². The van der Waals surface area contributed by atoms with Gasteiger partial charge in [-0.25, -0.2) is 0 Å². The monoisotopic (exact) mass is 299 g/mol. The van der Waals surface area contributed by atoms with Crippen molar-refractivity contribution in [3.63, 3.8) is 0 Å². The number of oxime groups is 1. The van der Waals surface area contributed by atoms with E-state index in [1.807, 2.05) is 6.92 Å². The van der Waals surface area contributed by atoms with Crippen LogP contribution in [0.4, 0.5) is 0 Å². The number of rotatable bonds is 4. The largest absolute Gasteiger partial charge is 0.409 e. The summed E-state index contributed by atoms with van der Waals surface area (Å²) in [6, 6.07) is 7.04. The van der Waals surface area contributed by atoms with Crippen molar-refractivity contribution in [3.8, 4) is 0 Å². The number of likely N-dealkylation sites (N-methyl/N-ethyl adjacent to an activating group) is 1. The standard InChI is InChI=1S/C11H14BrN3O2/c1-2-15(7-10(13)14-17)11(16)8-3-5-9(12)6-4-8/h3-6,17H,2,7H2,1H3,(H2,13,14). The Kier molecular flexibility index (Phi) is 4.96. The highest BCUT2D eigenvalue weighted by Crippen LogP contribution is 2.12. The van der Waals surface area contributed by atoms with Crippen LogP contribution in [0.3, 0.4) is 0 Å². The van der Waals surface area contributed by atoms with Crippen LogP contribution in [0, 0.1) is 0 Å². The number of carbonyl (C=O) groups excluding carboxylic acids is 1. The van der Waals surface area contributed by atoms with Gasteiger partial charge < -0.3 is 15.8 Å². The molecule has 1 rings (SSSR count). The molecule has 1 aromatic rings. The molecular formula is C11H14BrN3O2. The SMILES string of the molecule is CCN(CC(N)=NO)C(=O)c1ccc(Br)cc1. The molecule has 0 radical (unpaired) electrons. The number of halogens is 1. The zero-order valence-corrected chi connectivity index (χ0v) is 11.0. The van der Waals surface area contributed by atoms with E-state index < -0.39 is 0 Å². The summed E-state index contributed by atoms with van der Waals surface area (Å²) in [5.41, 5.74) is 5.96. The van der Waals surface area contributed by atoms with Crippen LogP contribution in [0.1, 0.15) is 17.3 Å². The summed E-state index contributed by atoms with van der Waals surface area (Å²) in [5.74, 6) is -0.135. The van der Waals surface area contributed by atoms with Gasteiger partial charge in [0.1, 0.15) is 0 Å². The zero-order valence-electron chi connectivity index (χ0n) is 9.43. The van der Waals surface area contributed by atoms with Crippen molar-refractivity contribution >= 4 is 27.7 Å². The number of hydrogen-bond acceptors (Lipinski definition) is 3. The van der Waals surface area contributed by atoms with Crippen molar-refractivity contribution in [1.82, 2.24) is 4.90 Å². The van der Waals surface area contributed by atoms with Crippen LogP contribution in [0.25, 0.3) is 0 Å². The van der Waals surface area contributed by atoms with E-state index in [0.717, 1.165) is 4.47 Å². The van der Waals surface area contributed by atoms with Gasteiger partial charge in [-0.05, 0) is 31.2 Å². The second kappa shape index (κ2) is 6.24. The average Bonchev–Trinajstić information content (AvgIpc) is 2.35. The number of amides is 1. The third kappa shape index (κ3) is 3.74. The molecule has 1 aromatic carbocycles. The maximum absolute atomic E-state index is 12.1. The maximum atomic E-state index is 12.1. The number of hydrogen-bond donors (Lipinski definition) is 2. The van der Waals surface area contributed by atoms with Crippen molar-refractivity contribution in [1.29, 1.82) is 0 Å². The first-order chi connectivity index (χ1) is 8.08. The van der Waals surface area contributed by atoms with E-state index in [0.29, 0.717) is 12.1 Å². The number of amidine groups is 1. The van der Waals surface area contributed by atoms with Gasteiger partial charge in [0.25, 0.3) is 5.91 Å². The first-order valence-corrected chi connectivity index (χ1v) is 5.89. The van der Waals surface area contributed by atoms with Gasteiger partial charge >= 0.3 is 0 Å². The topological polar surface area (TPSA) is 78.9 Å². The first-order valence-electron chi connectivity index (χ1n) is 5.09. The van der Waals surface area contributed by atoms with E-state index in [1.165, 1.54) is 4.90 Å². The summed E-state index contributed by atoms with van der Waals surface area (Å²) in [5, 5.41) is 11.3. The Hall–Kier alpha value is -1.56. The molecule has 1 amide bonds. The lowest BCUT2D eigenvalue weighted by molar-refractivity contribution is 0.0786. The Balaban J connectivity index is 2.82. The van der Waals surface area contributed by atoms with Crippen molar-refractivity contribution in [2.75, 3.05) is 13.1 Å². The quantitative estimate of drug-likeness (QED) is 0.384. The van der Waals surface area contributed by atoms with Crippen LogP contribution in [0.2, 0.25) is 0 Å². The fourth-order valence-electron chi connectivity index (χ4n) is 1.33. The van der Waals surface area contributed by atoms with E-state index in [-0.39, 0.29) is 18.3 Å². The Morgan fingerprint density at radius 3 is 2.53 bits per heavy atom. The highest BCUT2D eigenvalue weighted by Gasteiger charge is 2.15. The molecule has 0 aromatic heterocycles. The number of carbonyl (C=O) groups is 1. The molecule has 0 aliphatic heterocycles. The van der Waals surface area contributed by atoms with Crippen molar-refractivity contribution in [2.45, 2.75) is 6.92 Å². The van der Waals surface area contributed by atoms with Gasteiger partial charge in [0.05, 0.1) is 6.54 Å². The normalized spacial score (nSPS) is 11.3. The molecule has 0 atom stereocenters. The van der Waals surface area contributed by atoms with Crippen molar-refractivity contribution in [2.24, 2.45) is 10.9 Å². The third-order valence-electron chi connectivity index (χ3n) is 2.24. The molecule has 0 saturated heterocycles. The highest BCUT2D eigenvalue weighted by atomic mass is 79.9. The number of benzene rings is 1. The average molecular weight is 300 g/mol. The van der Waals surface area contributed by atoms with Gasteiger partial charge in [0.15, 0.2) is 5.84 Å². The number of nitrogens with zero attached hydrogens (tertiary/aromatic N) is 2. The Morgan fingerprint density at radius 2 is 2.06 bits per heavy atom. The molecule has 5 nitrogen and oxygen atoms in total. The molecule has 0 bridgehead atoms. The molecule has 0 aliphatic carbocycles. The van der Waals surface area contributed by atoms with Crippen molar-refractivity contribution < 1.29 is 10.0 Å². The Bertz CT molecular complexity index is 417. The molecule has 0 unspecified atom stereocenters. The minimum Gasteiger partial charge on any atom is -0.409 e. The van der Waals surface area contributed by atoms with Crippen LogP contribution in [0.5, 0.6) is 0 Å². The Morgan fingerprint density at radius 1 is 1.47 bits per heavy atom. The summed E-state index contributed by atoms with van der Waals surface area (Å²) >= 11 is 3.30. The van der Waals surface area contributed by atoms with Crippen LogP contribution >= 0.6 is 15.9 Å². The van der Waals surface area contributed by atoms with Gasteiger partial charge in [0, 0.05) is 16.6 Å². The summed E-state index contributed by atoms with van der Waals surface area (Å²) < 4.78 is 0.911. The lowest BCUT2D eigenvalue weighted by Gasteiger charge is -2.19. The molecule has 17 heavy (non-hydrogen) atoms. The smallest absolute Gasteiger partial charge is 0.254 e. The second-order valence-electron chi connectivity index (χ2n) is 3.42.